The number of methoxy groups -OCH3 is 1. The van der Waals surface area contributed by atoms with Crippen molar-refractivity contribution in [1.82, 2.24) is 9.80 Å². The van der Waals surface area contributed by atoms with Crippen LogP contribution in [0.1, 0.15) is 58.4 Å². The number of halogens is 1. The van der Waals surface area contributed by atoms with E-state index in [9.17, 15) is 9.18 Å². The summed E-state index contributed by atoms with van der Waals surface area (Å²) in [4.78, 5) is 17.0. The fraction of sp³-hybridized carbons (Fsp3) is 0.731. The molecule has 2 aliphatic heterocycles. The van der Waals surface area contributed by atoms with Crippen molar-refractivity contribution < 1.29 is 36.3 Å². The maximum absolute atomic E-state index is 13.2. The Kier molecular flexibility index (Phi) is 14.7. The van der Waals surface area contributed by atoms with E-state index >= 15 is 0 Å². The maximum atomic E-state index is 13.2. The molecule has 36 heavy (non-hydrogen) atoms. The summed E-state index contributed by atoms with van der Waals surface area (Å²) in [5, 5.41) is 0. The second-order valence-electron chi connectivity index (χ2n) is 10.9. The predicted molar refractivity (Wildman–Crippen MR) is 146 cm³/mol. The predicted octanol–water partition coefficient (Wildman–Crippen LogP) is 3.93. The van der Waals surface area contributed by atoms with Crippen molar-refractivity contribution in [2.24, 2.45) is 5.92 Å². The molecule has 0 amide bonds. The first-order chi connectivity index (χ1) is 16.8. The molecule has 0 saturated carbocycles. The Hall–Kier alpha value is 0.0394. The van der Waals surface area contributed by atoms with Gasteiger partial charge < -0.3 is 47.5 Å². The van der Waals surface area contributed by atoms with Crippen LogP contribution in [0, 0.1) is 11.7 Å². The van der Waals surface area contributed by atoms with Gasteiger partial charge in [-0.25, -0.2) is 4.39 Å². The summed E-state index contributed by atoms with van der Waals surface area (Å²) < 4.78 is 26.4. The van der Waals surface area contributed by atoms with E-state index in [1.54, 1.807) is 12.1 Å². The Morgan fingerprint density at radius 2 is 1.64 bits per heavy atom. The van der Waals surface area contributed by atoms with Crippen LogP contribution in [0.5, 0.6) is 0 Å². The van der Waals surface area contributed by atoms with Crippen LogP contribution in [0.4, 0.5) is 4.39 Å². The summed E-state index contributed by atoms with van der Waals surface area (Å²) in [6.07, 6.45) is 3.03. The molecule has 0 aliphatic carbocycles. The monoisotopic (exact) mass is 642 g/mol. The number of rotatable bonds is 8. The molecule has 2 aliphatic rings. The summed E-state index contributed by atoms with van der Waals surface area (Å²) in [6.45, 7) is 11.0. The average Bonchev–Trinajstić information content (AvgIpc) is 3.04. The number of carbonyl (C=O) groups excluding carboxylic acids is 1. The van der Waals surface area contributed by atoms with Gasteiger partial charge in [0.1, 0.15) is 5.82 Å². The Morgan fingerprint density at radius 3 is 2.08 bits per heavy atom. The number of ether oxygens (including phenoxy) is 1. The van der Waals surface area contributed by atoms with Crippen molar-refractivity contribution in [2.45, 2.75) is 74.5 Å². The summed E-state index contributed by atoms with van der Waals surface area (Å²) in [6, 6.07) is 7.23. The van der Waals surface area contributed by atoms with E-state index in [2.05, 4.69) is 44.5 Å². The van der Waals surface area contributed by atoms with Gasteiger partial charge in [0.25, 0.3) is 0 Å². The number of fused-ring (bicyclic) bond motifs is 2. The number of carbonyl (C=O) groups is 1. The minimum atomic E-state index is -0.245. The molecular weight excluding hydrogens is 602 g/mol. The molecule has 0 aromatic heterocycles. The first-order valence-corrected chi connectivity index (χ1v) is 14.3. The molecule has 4 atom stereocenters. The molecule has 2 fully saturated rings. The van der Waals surface area contributed by atoms with Crippen LogP contribution in [-0.2, 0) is 69.8 Å². The Morgan fingerprint density at radius 1 is 1.11 bits per heavy atom. The van der Waals surface area contributed by atoms with Crippen LogP contribution in [0.3, 0.4) is 0 Å². The second kappa shape index (κ2) is 15.6. The van der Waals surface area contributed by atoms with E-state index in [0.29, 0.717) is 11.8 Å². The minimum absolute atomic E-state index is 0.0463. The topological polar surface area (TPSA) is 49.9 Å². The number of piperidine rings is 1. The van der Waals surface area contributed by atoms with Gasteiger partial charge in [-0.3, -0.25) is 9.69 Å². The summed E-state index contributed by atoms with van der Waals surface area (Å²) >= 11 is 16.6. The summed E-state index contributed by atoms with van der Waals surface area (Å²) in [5.74, 6) is 0.198. The number of hydrogen-bond donors (Lipinski definition) is 0. The molecule has 5 nitrogen and oxygen atoms in total. The molecule has 0 N–H and O–H groups in total. The molecule has 1 aromatic carbocycles. The third-order valence-electron chi connectivity index (χ3n) is 6.49. The van der Waals surface area contributed by atoms with Crippen molar-refractivity contribution in [1.29, 1.82) is 0 Å². The van der Waals surface area contributed by atoms with E-state index < -0.39 is 0 Å². The number of nitrogens with zero attached hydrogens (tertiary/aromatic N) is 2. The van der Waals surface area contributed by atoms with Crippen LogP contribution < -0.4 is 0 Å². The van der Waals surface area contributed by atoms with Gasteiger partial charge in [-0.15, -0.1) is 9.49 Å². The van der Waals surface area contributed by atoms with Gasteiger partial charge in [0, 0.05) is 18.0 Å². The average molecular weight is 643 g/mol. The first kappa shape index (κ1) is 34.1. The zero-order valence-electron chi connectivity index (χ0n) is 22.2. The molecule has 203 valence electrons. The number of benzene rings is 1. The van der Waals surface area contributed by atoms with Gasteiger partial charge in [0.2, 0.25) is 0 Å². The Balaban J connectivity index is 0.000000396. The molecule has 2 heterocycles. The molecule has 10 heteroatoms. The van der Waals surface area contributed by atoms with Crippen LogP contribution in [0.2, 0.25) is 0 Å². The van der Waals surface area contributed by atoms with Gasteiger partial charge in [-0.1, -0.05) is 39.8 Å². The first-order valence-electron chi connectivity index (χ1n) is 12.2. The van der Waals surface area contributed by atoms with E-state index in [1.807, 2.05) is 0 Å². The van der Waals surface area contributed by atoms with Gasteiger partial charge >= 0.3 is 28.3 Å². The van der Waals surface area contributed by atoms with Crippen molar-refractivity contribution in [3.05, 3.63) is 35.6 Å². The third kappa shape index (κ3) is 11.0. The fourth-order valence-electron chi connectivity index (χ4n) is 5.63. The summed E-state index contributed by atoms with van der Waals surface area (Å²) in [7, 11) is 3.52. The van der Waals surface area contributed by atoms with Crippen LogP contribution in [0.25, 0.3) is 0 Å². The second-order valence-corrected chi connectivity index (χ2v) is 13.5. The van der Waals surface area contributed by atoms with Crippen molar-refractivity contribution in [3.8, 4) is 0 Å². The Bertz CT molecular complexity index is 789. The zero-order chi connectivity index (χ0) is 27.7. The standard InChI is InChI=1S/C17H22FNO2S.C9H21NS2.O.Tc/c1-21-17(20)16-14(11-2-4-12(18)5-3-11)10-13-6-7-15(16)19(13)8-9-22;1-8(2,11)6-10(5)7-9(3,4)12;;/h2-5,13-16,22H,6-10H2,1H3;11-12H,6-7H2,1-5H3;;/q;;;+4/p-3/t13?,14-,15?,16+;;;/m1.../s1/i;;;1+1. The van der Waals surface area contributed by atoms with Crippen LogP contribution in [0.15, 0.2) is 24.3 Å². The third-order valence-corrected chi connectivity index (χ3v) is 6.93. The van der Waals surface area contributed by atoms with Crippen molar-refractivity contribution in [2.75, 3.05) is 39.5 Å². The fourth-order valence-corrected chi connectivity index (χ4v) is 6.28. The van der Waals surface area contributed by atoms with Gasteiger partial charge in [-0.2, -0.15) is 5.75 Å². The molecule has 0 spiro atoms. The Labute approximate surface area is 244 Å². The summed E-state index contributed by atoms with van der Waals surface area (Å²) in [5.41, 5.74) is 1.03. The molecule has 1 aromatic rings. The molecule has 0 radical (unpaired) electrons. The quantitative estimate of drug-likeness (QED) is 0.313. The van der Waals surface area contributed by atoms with Crippen LogP contribution in [-0.4, -0.2) is 76.9 Å². The normalized spacial score (nSPS) is 23.9. The molecule has 3 rings (SSSR count). The van der Waals surface area contributed by atoms with E-state index in [1.165, 1.54) is 19.2 Å². The molecule has 2 saturated heterocycles. The van der Waals surface area contributed by atoms with Gasteiger partial charge in [-0.05, 0) is 63.6 Å². The van der Waals surface area contributed by atoms with Crippen LogP contribution >= 0.6 is 0 Å². The van der Waals surface area contributed by atoms with Crippen molar-refractivity contribution in [3.63, 3.8) is 0 Å². The number of esters is 1. The SMILES string of the molecule is CN(CC(C)(C)[S-])CC(C)(C)[S-].COC(=O)[C@@H]1C2CCC(C[C@@H]1c1ccc(F)cc1)N2CC[S-].[O]=[99Tc+4]. The van der Waals surface area contributed by atoms with Crippen molar-refractivity contribution >= 4 is 43.9 Å². The van der Waals surface area contributed by atoms with E-state index in [4.69, 9.17) is 46.1 Å². The number of hydrogen-bond acceptors (Lipinski definition) is 8. The molecule has 2 bridgehead atoms. The molecule has 2 unspecified atom stereocenters. The van der Waals surface area contributed by atoms with Gasteiger partial charge in [0.05, 0.1) is 13.0 Å². The van der Waals surface area contributed by atoms with Gasteiger partial charge in [0.15, 0.2) is 0 Å². The molecular formula is C26H40FN2O3S3Tc+. The zero-order valence-corrected chi connectivity index (χ0v) is 26.5. The van der Waals surface area contributed by atoms with E-state index in [-0.39, 0.29) is 39.2 Å². The van der Waals surface area contributed by atoms with E-state index in [0.717, 1.165) is 63.3 Å².